The summed E-state index contributed by atoms with van der Waals surface area (Å²) in [7, 11) is -4.15. The third-order valence-corrected chi connectivity index (χ3v) is 7.52. The van der Waals surface area contributed by atoms with Crippen molar-refractivity contribution < 1.29 is 35.2 Å². The molecule has 1 saturated heterocycles. The molecule has 0 unspecified atom stereocenters. The Hall–Kier alpha value is -2.18. The molecule has 0 bridgehead atoms. The lowest BCUT2D eigenvalue weighted by Gasteiger charge is -2.34. The molecule has 0 aliphatic carbocycles. The Morgan fingerprint density at radius 1 is 0.968 bits per heavy atom. The van der Waals surface area contributed by atoms with E-state index in [4.69, 9.17) is 0 Å². The average molecular weight is 480 g/mol. The number of rotatable bonds is 5. The van der Waals surface area contributed by atoms with Gasteiger partial charge in [0, 0.05) is 31.1 Å². The van der Waals surface area contributed by atoms with Gasteiger partial charge in [-0.15, -0.1) is 11.8 Å². The first kappa shape index (κ1) is 23.5. The molecule has 0 atom stereocenters. The van der Waals surface area contributed by atoms with Gasteiger partial charge in [-0.1, -0.05) is 6.07 Å². The van der Waals surface area contributed by atoms with Gasteiger partial charge in [-0.3, -0.25) is 4.79 Å². The second-order valence-corrected chi connectivity index (χ2v) is 9.66. The third kappa shape index (κ3) is 5.55. The monoisotopic (exact) mass is 480 g/mol. The van der Waals surface area contributed by atoms with Crippen LogP contribution in [0, 0.1) is 11.6 Å². The summed E-state index contributed by atoms with van der Waals surface area (Å²) in [4.78, 5) is 13.7. The summed E-state index contributed by atoms with van der Waals surface area (Å²) in [5, 5.41) is 0. The van der Waals surface area contributed by atoms with Gasteiger partial charge in [0.05, 0.1) is 16.2 Å². The normalized spacial score (nSPS) is 15.8. The van der Waals surface area contributed by atoms with Gasteiger partial charge in [-0.05, 0) is 36.4 Å². The molecule has 0 N–H and O–H groups in total. The van der Waals surface area contributed by atoms with E-state index in [1.165, 1.54) is 11.0 Å². The molecular weight excluding hydrogens is 463 g/mol. The summed E-state index contributed by atoms with van der Waals surface area (Å²) in [5.74, 6) is -2.38. The number of halogens is 5. The second kappa shape index (κ2) is 9.13. The predicted molar refractivity (Wildman–Crippen MR) is 104 cm³/mol. The standard InChI is InChI=1S/C19H17F5N2O3S2/c20-16-5-4-14(11-17(16)21)30-12-18(27)25-6-8-26(9-7-25)31(28,29)15-3-1-2-13(10-15)19(22,23)24/h1-5,10-11H,6-9,12H2. The first-order valence-corrected chi connectivity index (χ1v) is 11.4. The largest absolute Gasteiger partial charge is 0.416 e. The van der Waals surface area contributed by atoms with E-state index < -0.39 is 38.3 Å². The van der Waals surface area contributed by atoms with E-state index in [1.807, 2.05) is 0 Å². The lowest BCUT2D eigenvalue weighted by atomic mass is 10.2. The van der Waals surface area contributed by atoms with E-state index in [0.717, 1.165) is 46.4 Å². The molecule has 168 valence electrons. The molecular formula is C19H17F5N2O3S2. The molecule has 2 aromatic rings. The summed E-state index contributed by atoms with van der Waals surface area (Å²) in [6.07, 6.45) is -4.66. The molecule has 3 rings (SSSR count). The third-order valence-electron chi connectivity index (χ3n) is 4.64. The lowest BCUT2D eigenvalue weighted by molar-refractivity contribution is -0.137. The van der Waals surface area contributed by atoms with E-state index >= 15 is 0 Å². The molecule has 0 aromatic heterocycles. The van der Waals surface area contributed by atoms with Gasteiger partial charge in [-0.25, -0.2) is 17.2 Å². The molecule has 1 fully saturated rings. The molecule has 0 radical (unpaired) electrons. The number of thioether (sulfide) groups is 1. The average Bonchev–Trinajstić information content (AvgIpc) is 2.74. The van der Waals surface area contributed by atoms with Gasteiger partial charge in [0.15, 0.2) is 11.6 Å². The van der Waals surface area contributed by atoms with E-state index in [-0.39, 0.29) is 37.8 Å². The fourth-order valence-electron chi connectivity index (χ4n) is 2.96. The number of sulfonamides is 1. The van der Waals surface area contributed by atoms with Crippen LogP contribution in [0.15, 0.2) is 52.3 Å². The van der Waals surface area contributed by atoms with Crippen molar-refractivity contribution in [3.05, 3.63) is 59.7 Å². The zero-order valence-corrected chi connectivity index (χ0v) is 17.5. The van der Waals surface area contributed by atoms with Crippen LogP contribution < -0.4 is 0 Å². The van der Waals surface area contributed by atoms with Crippen molar-refractivity contribution >= 4 is 27.7 Å². The second-order valence-electron chi connectivity index (χ2n) is 6.68. The van der Waals surface area contributed by atoms with Gasteiger partial charge in [-0.2, -0.15) is 17.5 Å². The number of nitrogens with zero attached hydrogens (tertiary/aromatic N) is 2. The topological polar surface area (TPSA) is 57.7 Å². The molecule has 1 heterocycles. The number of amides is 1. The van der Waals surface area contributed by atoms with Crippen LogP contribution in [0.25, 0.3) is 0 Å². The molecule has 12 heteroatoms. The Bertz CT molecular complexity index is 1070. The minimum absolute atomic E-state index is 0.0501. The Labute approximate surface area is 179 Å². The Kier molecular flexibility index (Phi) is 6.92. The first-order chi connectivity index (χ1) is 14.5. The summed E-state index contributed by atoms with van der Waals surface area (Å²) in [5.41, 5.74) is -1.06. The van der Waals surface area contributed by atoms with Crippen molar-refractivity contribution in [2.45, 2.75) is 16.0 Å². The van der Waals surface area contributed by atoms with Gasteiger partial charge in [0.1, 0.15) is 0 Å². The molecule has 5 nitrogen and oxygen atoms in total. The van der Waals surface area contributed by atoms with Gasteiger partial charge in [0.25, 0.3) is 0 Å². The SMILES string of the molecule is O=C(CSc1ccc(F)c(F)c1)N1CCN(S(=O)(=O)c2cccc(C(F)(F)F)c2)CC1. The van der Waals surface area contributed by atoms with E-state index in [9.17, 15) is 35.2 Å². The number of hydrogen-bond acceptors (Lipinski definition) is 4. The summed E-state index contributed by atoms with van der Waals surface area (Å²) in [6.45, 7) is -0.00888. The maximum atomic E-state index is 13.2. The number of piperazine rings is 1. The minimum Gasteiger partial charge on any atom is -0.339 e. The summed E-state index contributed by atoms with van der Waals surface area (Å²) < 4.78 is 91.3. The van der Waals surface area contributed by atoms with E-state index in [0.29, 0.717) is 11.0 Å². The highest BCUT2D eigenvalue weighted by Crippen LogP contribution is 2.31. The highest BCUT2D eigenvalue weighted by molar-refractivity contribution is 8.00. The van der Waals surface area contributed by atoms with Crippen molar-refractivity contribution in [3.63, 3.8) is 0 Å². The maximum Gasteiger partial charge on any atom is 0.416 e. The Morgan fingerprint density at radius 2 is 1.65 bits per heavy atom. The Balaban J connectivity index is 1.59. The number of carbonyl (C=O) groups excluding carboxylic acids is 1. The van der Waals surface area contributed by atoms with Crippen LogP contribution in [-0.4, -0.2) is 55.5 Å². The Morgan fingerprint density at radius 3 is 2.26 bits per heavy atom. The molecule has 31 heavy (non-hydrogen) atoms. The zero-order chi connectivity index (χ0) is 22.8. The summed E-state index contributed by atoms with van der Waals surface area (Å²) in [6, 6.07) is 6.79. The molecule has 1 aliphatic heterocycles. The lowest BCUT2D eigenvalue weighted by Crippen LogP contribution is -2.51. The van der Waals surface area contributed by atoms with Crippen LogP contribution in [0.1, 0.15) is 5.56 Å². The summed E-state index contributed by atoms with van der Waals surface area (Å²) >= 11 is 1.02. The highest BCUT2D eigenvalue weighted by atomic mass is 32.2. The van der Waals surface area contributed by atoms with Gasteiger partial charge in [0.2, 0.25) is 15.9 Å². The van der Waals surface area contributed by atoms with Crippen LogP contribution in [0.4, 0.5) is 22.0 Å². The maximum absolute atomic E-state index is 13.2. The van der Waals surface area contributed by atoms with Crippen molar-refractivity contribution in [1.82, 2.24) is 9.21 Å². The van der Waals surface area contributed by atoms with Crippen molar-refractivity contribution in [2.24, 2.45) is 0 Å². The quantitative estimate of drug-likeness (QED) is 0.485. The first-order valence-electron chi connectivity index (χ1n) is 9.01. The number of benzene rings is 2. The number of hydrogen-bond donors (Lipinski definition) is 0. The molecule has 0 saturated carbocycles. The molecule has 1 amide bonds. The number of carbonyl (C=O) groups is 1. The fraction of sp³-hybridized carbons (Fsp3) is 0.316. The molecule has 0 spiro atoms. The molecule has 1 aliphatic rings. The minimum atomic E-state index is -4.66. The van der Waals surface area contributed by atoms with Crippen LogP contribution >= 0.6 is 11.8 Å². The van der Waals surface area contributed by atoms with Crippen LogP contribution in [0.3, 0.4) is 0 Å². The number of alkyl halides is 3. The van der Waals surface area contributed by atoms with Crippen LogP contribution in [0.5, 0.6) is 0 Å². The van der Waals surface area contributed by atoms with Gasteiger partial charge >= 0.3 is 6.18 Å². The van der Waals surface area contributed by atoms with Crippen LogP contribution in [0.2, 0.25) is 0 Å². The molecule has 2 aromatic carbocycles. The zero-order valence-electron chi connectivity index (χ0n) is 15.9. The predicted octanol–water partition coefficient (Wildman–Crippen LogP) is 3.61. The smallest absolute Gasteiger partial charge is 0.339 e. The fourth-order valence-corrected chi connectivity index (χ4v) is 5.26. The van der Waals surface area contributed by atoms with Crippen LogP contribution in [-0.2, 0) is 21.0 Å². The van der Waals surface area contributed by atoms with Crippen molar-refractivity contribution in [1.29, 1.82) is 0 Å². The highest BCUT2D eigenvalue weighted by Gasteiger charge is 2.34. The van der Waals surface area contributed by atoms with E-state index in [1.54, 1.807) is 0 Å². The van der Waals surface area contributed by atoms with Crippen molar-refractivity contribution in [2.75, 3.05) is 31.9 Å². The van der Waals surface area contributed by atoms with Gasteiger partial charge < -0.3 is 4.90 Å². The van der Waals surface area contributed by atoms with Crippen molar-refractivity contribution in [3.8, 4) is 0 Å². The van der Waals surface area contributed by atoms with E-state index in [2.05, 4.69) is 0 Å².